The molecule has 1 fully saturated rings. The number of nitrogens with one attached hydrogen (secondary N) is 1. The minimum absolute atomic E-state index is 0.465. The highest BCUT2D eigenvalue weighted by atomic mass is 15.1. The van der Waals surface area contributed by atoms with Crippen LogP contribution in [0.25, 0.3) is 0 Å². The Morgan fingerprint density at radius 1 is 1.14 bits per heavy atom. The van der Waals surface area contributed by atoms with Gasteiger partial charge in [-0.2, -0.15) is 10.2 Å². The fourth-order valence-corrected chi connectivity index (χ4v) is 3.55. The number of aryl methyl sites for hydroxylation is 2. The van der Waals surface area contributed by atoms with Crippen molar-refractivity contribution in [2.24, 2.45) is 5.92 Å². The third-order valence-corrected chi connectivity index (χ3v) is 4.68. The molecule has 118 valence electrons. The molecule has 1 saturated carbocycles. The van der Waals surface area contributed by atoms with E-state index in [0.29, 0.717) is 6.04 Å². The molecule has 0 radical (unpaired) electrons. The highest BCUT2D eigenvalue weighted by molar-refractivity contribution is 5.25. The van der Waals surface area contributed by atoms with Gasteiger partial charge >= 0.3 is 0 Å². The van der Waals surface area contributed by atoms with Crippen molar-refractivity contribution in [3.05, 3.63) is 23.0 Å². The first-order chi connectivity index (χ1) is 10.3. The highest BCUT2D eigenvalue weighted by Crippen LogP contribution is 2.34. The van der Waals surface area contributed by atoms with E-state index in [2.05, 4.69) is 42.4 Å². The number of hydrogen-bond donors (Lipinski definition) is 1. The first-order valence-corrected chi connectivity index (χ1v) is 8.82. The first kappa shape index (κ1) is 16.4. The number of rotatable bonds is 6. The van der Waals surface area contributed by atoms with E-state index in [4.69, 9.17) is 0 Å². The molecule has 3 nitrogen and oxygen atoms in total. The lowest BCUT2D eigenvalue weighted by atomic mass is 9.86. The molecule has 2 rings (SSSR count). The normalized spacial score (nSPS) is 18.4. The zero-order chi connectivity index (χ0) is 15.1. The van der Waals surface area contributed by atoms with E-state index < -0.39 is 0 Å². The van der Waals surface area contributed by atoms with Crippen LogP contribution in [0.1, 0.15) is 81.8 Å². The maximum Gasteiger partial charge on any atom is 0.0676 e. The predicted octanol–water partition coefficient (Wildman–Crippen LogP) is 4.36. The van der Waals surface area contributed by atoms with Gasteiger partial charge in [0.2, 0.25) is 0 Å². The van der Waals surface area contributed by atoms with Crippen LogP contribution in [0.4, 0.5) is 0 Å². The largest absolute Gasteiger partial charge is 0.310 e. The molecule has 1 unspecified atom stereocenters. The number of nitrogens with zero attached hydrogens (tertiary/aromatic N) is 2. The van der Waals surface area contributed by atoms with Gasteiger partial charge in [0.1, 0.15) is 0 Å². The van der Waals surface area contributed by atoms with Gasteiger partial charge in [0.15, 0.2) is 0 Å². The summed E-state index contributed by atoms with van der Waals surface area (Å²) in [5, 5.41) is 12.5. The summed E-state index contributed by atoms with van der Waals surface area (Å²) in [6.45, 7) is 7.58. The lowest BCUT2D eigenvalue weighted by Crippen LogP contribution is -2.30. The van der Waals surface area contributed by atoms with Gasteiger partial charge in [-0.1, -0.05) is 39.5 Å². The van der Waals surface area contributed by atoms with Crippen molar-refractivity contribution in [3.63, 3.8) is 0 Å². The summed E-state index contributed by atoms with van der Waals surface area (Å²) < 4.78 is 0. The van der Waals surface area contributed by atoms with E-state index in [1.54, 1.807) is 0 Å². The van der Waals surface area contributed by atoms with Gasteiger partial charge in [0, 0.05) is 6.04 Å². The van der Waals surface area contributed by atoms with Gasteiger partial charge in [0.05, 0.1) is 11.4 Å². The highest BCUT2D eigenvalue weighted by Gasteiger charge is 2.26. The topological polar surface area (TPSA) is 37.8 Å². The van der Waals surface area contributed by atoms with E-state index in [1.807, 2.05) is 0 Å². The van der Waals surface area contributed by atoms with Crippen molar-refractivity contribution in [1.29, 1.82) is 0 Å². The molecule has 0 spiro atoms. The quantitative estimate of drug-likeness (QED) is 0.791. The summed E-state index contributed by atoms with van der Waals surface area (Å²) in [5.74, 6) is 0.757. The van der Waals surface area contributed by atoms with Crippen molar-refractivity contribution in [2.75, 3.05) is 6.54 Å². The molecule has 0 aliphatic heterocycles. The average molecular weight is 289 g/mol. The molecule has 1 aromatic heterocycles. The molecule has 0 amide bonds. The fraction of sp³-hybridized carbons (Fsp3) is 0.778. The zero-order valence-electron chi connectivity index (χ0n) is 14.0. The fourth-order valence-electron chi connectivity index (χ4n) is 3.55. The maximum absolute atomic E-state index is 4.45. The number of hydrogen-bond acceptors (Lipinski definition) is 3. The van der Waals surface area contributed by atoms with Crippen LogP contribution in [0.3, 0.4) is 0 Å². The summed E-state index contributed by atoms with van der Waals surface area (Å²) in [6.07, 6.45) is 10.4. The standard InChI is InChI=1S/C18H31N3/c1-4-12-19-18(15-10-8-6-7-9-11-15)16-13-14(3)20-21-17(16)5-2/h13,15,18-19H,4-12H2,1-3H3. The van der Waals surface area contributed by atoms with Gasteiger partial charge < -0.3 is 5.32 Å². The Labute approximate surface area is 129 Å². The van der Waals surface area contributed by atoms with Gasteiger partial charge in [-0.25, -0.2) is 0 Å². The average Bonchev–Trinajstić information content (AvgIpc) is 2.77. The van der Waals surface area contributed by atoms with Gasteiger partial charge in [0.25, 0.3) is 0 Å². The van der Waals surface area contributed by atoms with Crippen molar-refractivity contribution < 1.29 is 0 Å². The lowest BCUT2D eigenvalue weighted by molar-refractivity contribution is 0.323. The Balaban J connectivity index is 2.27. The van der Waals surface area contributed by atoms with Crippen molar-refractivity contribution in [3.8, 4) is 0 Å². The van der Waals surface area contributed by atoms with Crippen molar-refractivity contribution in [2.45, 2.75) is 78.2 Å². The summed E-state index contributed by atoms with van der Waals surface area (Å²) in [7, 11) is 0. The van der Waals surface area contributed by atoms with Crippen LogP contribution in [-0.2, 0) is 6.42 Å². The van der Waals surface area contributed by atoms with E-state index in [1.165, 1.54) is 56.2 Å². The van der Waals surface area contributed by atoms with Crippen LogP contribution in [0.5, 0.6) is 0 Å². The van der Waals surface area contributed by atoms with E-state index in [0.717, 1.165) is 24.6 Å². The minimum atomic E-state index is 0.465. The monoisotopic (exact) mass is 289 g/mol. The molecule has 1 atom stereocenters. The van der Waals surface area contributed by atoms with E-state index in [9.17, 15) is 0 Å². The maximum atomic E-state index is 4.45. The van der Waals surface area contributed by atoms with Crippen LogP contribution < -0.4 is 5.32 Å². The predicted molar refractivity (Wildman–Crippen MR) is 88.4 cm³/mol. The molecular weight excluding hydrogens is 258 g/mol. The molecule has 3 heteroatoms. The Kier molecular flexibility index (Phi) is 6.62. The van der Waals surface area contributed by atoms with Gasteiger partial charge in [-0.05, 0) is 56.7 Å². The molecular formula is C18H31N3. The molecule has 1 aliphatic carbocycles. The van der Waals surface area contributed by atoms with E-state index >= 15 is 0 Å². The SMILES string of the molecule is CCCNC(c1cc(C)nnc1CC)C1CCCCCC1. The molecule has 1 N–H and O–H groups in total. The van der Waals surface area contributed by atoms with Crippen LogP contribution in [-0.4, -0.2) is 16.7 Å². The Hall–Kier alpha value is -0.960. The summed E-state index contributed by atoms with van der Waals surface area (Å²) in [4.78, 5) is 0. The van der Waals surface area contributed by atoms with Crippen LogP contribution in [0, 0.1) is 12.8 Å². The van der Waals surface area contributed by atoms with Gasteiger partial charge in [-0.15, -0.1) is 0 Å². The van der Waals surface area contributed by atoms with Crippen molar-refractivity contribution >= 4 is 0 Å². The second kappa shape index (κ2) is 8.47. The number of aromatic nitrogens is 2. The zero-order valence-corrected chi connectivity index (χ0v) is 14.0. The van der Waals surface area contributed by atoms with Crippen LogP contribution in [0.2, 0.25) is 0 Å². The van der Waals surface area contributed by atoms with Crippen LogP contribution in [0.15, 0.2) is 6.07 Å². The molecule has 21 heavy (non-hydrogen) atoms. The first-order valence-electron chi connectivity index (χ1n) is 8.82. The molecule has 0 bridgehead atoms. The Morgan fingerprint density at radius 3 is 2.48 bits per heavy atom. The Bertz CT molecular complexity index is 422. The molecule has 0 saturated heterocycles. The smallest absolute Gasteiger partial charge is 0.0676 e. The summed E-state index contributed by atoms with van der Waals surface area (Å²) in [6, 6.07) is 2.73. The molecule has 1 aliphatic rings. The minimum Gasteiger partial charge on any atom is -0.310 e. The Morgan fingerprint density at radius 2 is 1.86 bits per heavy atom. The van der Waals surface area contributed by atoms with E-state index in [-0.39, 0.29) is 0 Å². The van der Waals surface area contributed by atoms with Crippen LogP contribution >= 0.6 is 0 Å². The second-order valence-electron chi connectivity index (χ2n) is 6.42. The molecule has 1 aromatic rings. The molecule has 1 heterocycles. The van der Waals surface area contributed by atoms with Crippen molar-refractivity contribution in [1.82, 2.24) is 15.5 Å². The summed E-state index contributed by atoms with van der Waals surface area (Å²) >= 11 is 0. The second-order valence-corrected chi connectivity index (χ2v) is 6.42. The third kappa shape index (κ3) is 4.50. The molecule has 0 aromatic carbocycles. The lowest BCUT2D eigenvalue weighted by Gasteiger charge is -2.29. The summed E-state index contributed by atoms with van der Waals surface area (Å²) in [5.41, 5.74) is 3.63. The van der Waals surface area contributed by atoms with Gasteiger partial charge in [-0.3, -0.25) is 0 Å². The third-order valence-electron chi connectivity index (χ3n) is 4.68.